The number of aliphatic carboxylic acids is 1. The van der Waals surface area contributed by atoms with Crippen molar-refractivity contribution in [3.8, 4) is 0 Å². The van der Waals surface area contributed by atoms with E-state index in [1.165, 1.54) is 25.7 Å². The maximum absolute atomic E-state index is 10.6. The maximum atomic E-state index is 10.6. The predicted octanol–water partition coefficient (Wildman–Crippen LogP) is 6.22. The molecule has 1 unspecified atom stereocenters. The van der Waals surface area contributed by atoms with Crippen molar-refractivity contribution >= 4 is 5.97 Å². The van der Waals surface area contributed by atoms with Crippen LogP contribution in [0, 0.1) is 5.92 Å². The Morgan fingerprint density at radius 1 is 0.885 bits per heavy atom. The van der Waals surface area contributed by atoms with Crippen molar-refractivity contribution in [3.63, 3.8) is 0 Å². The summed E-state index contributed by atoms with van der Waals surface area (Å²) in [4.78, 5) is 10.6. The molecule has 3 nitrogen and oxygen atoms in total. The zero-order chi connectivity index (χ0) is 19.3. The lowest BCUT2D eigenvalue weighted by Crippen LogP contribution is -2.01. The van der Waals surface area contributed by atoms with Crippen LogP contribution < -0.4 is 0 Å². The number of allylic oxidation sites excluding steroid dienone is 8. The van der Waals surface area contributed by atoms with Crippen molar-refractivity contribution in [1.29, 1.82) is 0 Å². The first-order valence-electron chi connectivity index (χ1n) is 10.2. The van der Waals surface area contributed by atoms with E-state index in [-0.39, 0.29) is 13.0 Å². The lowest BCUT2D eigenvalue weighted by molar-refractivity contribution is -0.137. The highest BCUT2D eigenvalue weighted by Crippen LogP contribution is 2.16. The third-order valence-corrected chi connectivity index (χ3v) is 4.18. The van der Waals surface area contributed by atoms with Crippen LogP contribution in [-0.4, -0.2) is 22.8 Å². The highest BCUT2D eigenvalue weighted by molar-refractivity contribution is 5.66. The highest BCUT2D eigenvalue weighted by Gasteiger charge is 2.05. The summed E-state index contributed by atoms with van der Waals surface area (Å²) in [6.07, 6.45) is 27.7. The van der Waals surface area contributed by atoms with Gasteiger partial charge in [0.25, 0.3) is 0 Å². The maximum Gasteiger partial charge on any atom is 0.303 e. The van der Waals surface area contributed by atoms with Gasteiger partial charge in [0.2, 0.25) is 0 Å². The molecule has 0 fully saturated rings. The van der Waals surface area contributed by atoms with E-state index in [0.29, 0.717) is 12.3 Å². The van der Waals surface area contributed by atoms with Gasteiger partial charge in [0.05, 0.1) is 0 Å². The molecule has 0 radical (unpaired) electrons. The van der Waals surface area contributed by atoms with Gasteiger partial charge < -0.3 is 10.2 Å². The molecular formula is C23H38O3. The van der Waals surface area contributed by atoms with Crippen LogP contribution >= 0.6 is 0 Å². The summed E-state index contributed by atoms with van der Waals surface area (Å²) < 4.78 is 0. The number of aliphatic hydroxyl groups is 1. The van der Waals surface area contributed by atoms with E-state index in [9.17, 15) is 4.79 Å². The quantitative estimate of drug-likeness (QED) is 0.183. The second-order valence-electron chi connectivity index (χ2n) is 6.63. The molecule has 1 atom stereocenters. The third kappa shape index (κ3) is 18.7. The second kappa shape index (κ2) is 19.7. The summed E-state index contributed by atoms with van der Waals surface area (Å²) in [5.41, 5.74) is 0. The molecule has 0 aromatic carbocycles. The van der Waals surface area contributed by atoms with Crippen molar-refractivity contribution in [1.82, 2.24) is 0 Å². The largest absolute Gasteiger partial charge is 0.481 e. The van der Waals surface area contributed by atoms with Crippen LogP contribution in [0.3, 0.4) is 0 Å². The Labute approximate surface area is 160 Å². The third-order valence-electron chi connectivity index (χ3n) is 4.18. The minimum absolute atomic E-state index is 0.191. The van der Waals surface area contributed by atoms with Gasteiger partial charge in [-0.2, -0.15) is 0 Å². The van der Waals surface area contributed by atoms with Crippen LogP contribution in [0.25, 0.3) is 0 Å². The summed E-state index contributed by atoms with van der Waals surface area (Å²) in [5, 5.41) is 17.7. The molecule has 0 aliphatic carbocycles. The second-order valence-corrected chi connectivity index (χ2v) is 6.63. The smallest absolute Gasteiger partial charge is 0.303 e. The molecule has 0 heterocycles. The Bertz CT molecular complexity index is 433. The Balaban J connectivity index is 3.93. The molecule has 0 bridgehead atoms. The molecule has 0 rings (SSSR count). The molecule has 2 N–H and O–H groups in total. The monoisotopic (exact) mass is 362 g/mol. The van der Waals surface area contributed by atoms with Gasteiger partial charge in [-0.25, -0.2) is 0 Å². The van der Waals surface area contributed by atoms with E-state index in [2.05, 4.69) is 43.4 Å². The number of unbranched alkanes of at least 4 members (excludes halogenated alkanes) is 3. The van der Waals surface area contributed by atoms with E-state index in [4.69, 9.17) is 10.2 Å². The van der Waals surface area contributed by atoms with Gasteiger partial charge in [-0.15, -0.1) is 0 Å². The van der Waals surface area contributed by atoms with Crippen molar-refractivity contribution in [2.45, 2.75) is 77.6 Å². The number of aliphatic hydroxyl groups excluding tert-OH is 1. The van der Waals surface area contributed by atoms with Gasteiger partial charge in [-0.3, -0.25) is 4.79 Å². The zero-order valence-electron chi connectivity index (χ0n) is 16.5. The van der Waals surface area contributed by atoms with E-state index < -0.39 is 5.97 Å². The number of carboxylic acids is 1. The molecule has 26 heavy (non-hydrogen) atoms. The SMILES string of the molecule is CCCCC/C=C\C/C=C\C/C=C\C=C\C(CCCO)CCCC(=O)O. The first-order chi connectivity index (χ1) is 12.7. The van der Waals surface area contributed by atoms with Crippen molar-refractivity contribution in [2.24, 2.45) is 5.92 Å². The van der Waals surface area contributed by atoms with E-state index in [0.717, 1.165) is 32.1 Å². The molecule has 0 amide bonds. The summed E-state index contributed by atoms with van der Waals surface area (Å²) in [5.74, 6) is -0.392. The Morgan fingerprint density at radius 2 is 1.58 bits per heavy atom. The van der Waals surface area contributed by atoms with Gasteiger partial charge in [0.15, 0.2) is 0 Å². The Hall–Kier alpha value is -1.61. The van der Waals surface area contributed by atoms with E-state index >= 15 is 0 Å². The fraction of sp³-hybridized carbons (Fsp3) is 0.609. The molecule has 0 aromatic heterocycles. The average molecular weight is 363 g/mol. The first kappa shape index (κ1) is 24.4. The average Bonchev–Trinajstić information content (AvgIpc) is 2.62. The number of rotatable bonds is 17. The summed E-state index contributed by atoms with van der Waals surface area (Å²) >= 11 is 0. The topological polar surface area (TPSA) is 57.5 Å². The molecule has 0 saturated heterocycles. The lowest BCUT2D eigenvalue weighted by Gasteiger charge is -2.10. The van der Waals surface area contributed by atoms with E-state index in [1.807, 2.05) is 12.2 Å². The normalized spacial score (nSPS) is 13.6. The molecule has 0 aliphatic heterocycles. The highest BCUT2D eigenvalue weighted by atomic mass is 16.4. The Morgan fingerprint density at radius 3 is 2.27 bits per heavy atom. The molecule has 0 saturated carbocycles. The van der Waals surface area contributed by atoms with Gasteiger partial charge in [0.1, 0.15) is 0 Å². The number of carbonyl (C=O) groups is 1. The van der Waals surface area contributed by atoms with Crippen LogP contribution in [0.15, 0.2) is 48.6 Å². The first-order valence-corrected chi connectivity index (χ1v) is 10.2. The van der Waals surface area contributed by atoms with Crippen LogP contribution in [0.5, 0.6) is 0 Å². The van der Waals surface area contributed by atoms with Crippen molar-refractivity contribution in [2.75, 3.05) is 6.61 Å². The van der Waals surface area contributed by atoms with Crippen LogP contribution in [-0.2, 0) is 4.79 Å². The number of carboxylic acid groups (broad SMARTS) is 1. The standard InChI is InChI=1S/C23H38O3/c1-2-3-4-5-6-7-8-9-10-11-12-13-14-17-22(19-16-21-24)18-15-20-23(25)26/h6-7,9-10,12-14,17,22,24H,2-5,8,11,15-16,18-21H2,1H3,(H,25,26)/b7-6-,10-9-,13-12-,17-14+. The minimum Gasteiger partial charge on any atom is -0.481 e. The number of hydrogen-bond acceptors (Lipinski definition) is 2. The molecule has 0 aliphatic rings. The molecule has 3 heteroatoms. The van der Waals surface area contributed by atoms with Crippen molar-refractivity contribution < 1.29 is 15.0 Å². The number of hydrogen-bond donors (Lipinski definition) is 2. The molecular weight excluding hydrogens is 324 g/mol. The van der Waals surface area contributed by atoms with Gasteiger partial charge in [-0.05, 0) is 57.3 Å². The molecule has 0 aromatic rings. The summed E-state index contributed by atoms with van der Waals surface area (Å²) in [6, 6.07) is 0. The van der Waals surface area contributed by atoms with Crippen LogP contribution in [0.4, 0.5) is 0 Å². The zero-order valence-corrected chi connectivity index (χ0v) is 16.5. The Kier molecular flexibility index (Phi) is 18.5. The molecule has 148 valence electrons. The molecule has 0 spiro atoms. The van der Waals surface area contributed by atoms with Crippen molar-refractivity contribution in [3.05, 3.63) is 48.6 Å². The van der Waals surface area contributed by atoms with E-state index in [1.54, 1.807) is 0 Å². The lowest BCUT2D eigenvalue weighted by atomic mass is 9.96. The van der Waals surface area contributed by atoms with Crippen LogP contribution in [0.1, 0.15) is 77.6 Å². The minimum atomic E-state index is -0.739. The van der Waals surface area contributed by atoms with Crippen LogP contribution in [0.2, 0.25) is 0 Å². The van der Waals surface area contributed by atoms with Gasteiger partial charge in [-0.1, -0.05) is 68.4 Å². The van der Waals surface area contributed by atoms with Gasteiger partial charge >= 0.3 is 5.97 Å². The van der Waals surface area contributed by atoms with Gasteiger partial charge in [0, 0.05) is 13.0 Å². The fourth-order valence-electron chi connectivity index (χ4n) is 2.66. The summed E-state index contributed by atoms with van der Waals surface area (Å²) in [6.45, 7) is 2.42. The predicted molar refractivity (Wildman–Crippen MR) is 111 cm³/mol. The fourth-order valence-corrected chi connectivity index (χ4v) is 2.66. The summed E-state index contributed by atoms with van der Waals surface area (Å²) in [7, 11) is 0.